The Labute approximate surface area is 530 Å². The molecule has 0 bridgehead atoms. The summed E-state index contributed by atoms with van der Waals surface area (Å²) in [6, 6.07) is 24.4. The molecular weight excluding hydrogens is 1190 g/mol. The first kappa shape index (κ1) is 68.7. The number of nitrogens with one attached hydrogen (secondary N) is 9. The number of aliphatic hydroxyl groups is 1. The zero-order valence-electron chi connectivity index (χ0n) is 50.6. The lowest BCUT2D eigenvalue weighted by Crippen LogP contribution is -2.61. The summed E-state index contributed by atoms with van der Waals surface area (Å²) in [5.41, 5.74) is 15.2. The summed E-state index contributed by atoms with van der Waals surface area (Å²) < 4.78 is 0. The van der Waals surface area contributed by atoms with Crippen LogP contribution < -0.4 is 54.0 Å². The number of hydrogen-bond acceptors (Lipinski definition) is 15. The van der Waals surface area contributed by atoms with Crippen molar-refractivity contribution in [3.05, 3.63) is 167 Å². The van der Waals surface area contributed by atoms with Crippen LogP contribution in [-0.4, -0.2) is 164 Å². The molecule has 26 heteroatoms. The molecule has 1 aliphatic rings. The van der Waals surface area contributed by atoms with Gasteiger partial charge in [-0.3, -0.25) is 47.9 Å². The van der Waals surface area contributed by atoms with Crippen molar-refractivity contribution >= 4 is 81.7 Å². The number of fused-ring (bicyclic) bond motifs is 1. The SMILES string of the molecule is CC(C)C[C@@H]1NC(=O)[C@H](CC(N)O)N(C)C(=O)[C@H](Cc2ccccc2)NC(=O)CNC(=O)[C@H](Cc2ccc(O)cc2)NC(=O)[C@H](Cc2ccccc2)NC(=O)CSC[C@@H](C(N)=O)NC(=O)[C@H](Cc2c[nH]c3ccccc23)NC(=O)[C@H](Cc2ccc(O)cc2)NC1=O. The number of nitrogens with zero attached hydrogens (tertiary/aromatic N) is 1. The minimum Gasteiger partial charge on any atom is -0.508 e. The molecule has 482 valence electrons. The normalized spacial score (nSPS) is 22.3. The van der Waals surface area contributed by atoms with Crippen molar-refractivity contribution in [3.63, 3.8) is 0 Å². The van der Waals surface area contributed by atoms with E-state index in [-0.39, 0.29) is 67.4 Å². The van der Waals surface area contributed by atoms with Crippen LogP contribution in [0.1, 0.15) is 54.5 Å². The van der Waals surface area contributed by atoms with Gasteiger partial charge in [-0.15, -0.1) is 11.8 Å². The van der Waals surface area contributed by atoms with Crippen LogP contribution in [0.3, 0.4) is 0 Å². The van der Waals surface area contributed by atoms with Gasteiger partial charge in [0.2, 0.25) is 59.1 Å². The Morgan fingerprint density at radius 3 is 1.53 bits per heavy atom. The van der Waals surface area contributed by atoms with Gasteiger partial charge < -0.3 is 79.2 Å². The molecule has 0 saturated carbocycles. The second-order valence-corrected chi connectivity index (χ2v) is 23.8. The van der Waals surface area contributed by atoms with Crippen LogP contribution in [0.25, 0.3) is 10.9 Å². The Balaban J connectivity index is 1.27. The van der Waals surface area contributed by atoms with Gasteiger partial charge in [-0.2, -0.15) is 0 Å². The zero-order valence-corrected chi connectivity index (χ0v) is 51.4. The molecule has 1 aromatic heterocycles. The first-order valence-corrected chi connectivity index (χ1v) is 30.8. The van der Waals surface area contributed by atoms with E-state index < -0.39 is 127 Å². The number of primary amides is 1. The Bertz CT molecular complexity index is 3500. The Hall–Kier alpha value is -9.79. The number of aromatic amines is 1. The van der Waals surface area contributed by atoms with E-state index in [2.05, 4.69) is 47.5 Å². The fourth-order valence-corrected chi connectivity index (χ4v) is 11.2. The Morgan fingerprint density at radius 1 is 0.538 bits per heavy atom. The lowest BCUT2D eigenvalue weighted by Gasteiger charge is -2.33. The monoisotopic (exact) mass is 1270 g/mol. The molecule has 1 saturated heterocycles. The van der Waals surface area contributed by atoms with Gasteiger partial charge in [-0.25, -0.2) is 0 Å². The second kappa shape index (κ2) is 33.2. The quantitative estimate of drug-likeness (QED) is 0.0618. The number of amides is 10. The molecule has 6 aromatic rings. The van der Waals surface area contributed by atoms with Crippen LogP contribution in [0.15, 0.2) is 140 Å². The third kappa shape index (κ3) is 20.9. The standard InChI is InChI=1S/C65H78N12O13S/c1-37(2)26-47-60(85)73-50(29-41-20-24-44(79)25-21-41)62(87)74-51(31-42-33-68-46-17-11-10-16-45(42)46)63(88)76-53(58(67)83)35-91-36-57(82)70-49(27-38-12-6-4-7-13-38)61(86)72-48(28-40-18-22-43(78)23-19-40)59(84)69-34-56(81)71-52(30-39-14-8-5-9-15-39)65(90)77(3)54(32-55(66)80)64(89)75-47/h4-25,33,37,47-55,68,78-80H,26-32,34-36,66H2,1-3H3,(H2,67,83)(H,69,84)(H,70,82)(H,71,81)(H,72,86)(H,73,85)(H,74,87)(H,75,89)(H,76,88)/t47-,48-,49-,50-,51-,52-,53-,54-,55?/m0/s1. The van der Waals surface area contributed by atoms with E-state index in [0.717, 1.165) is 16.7 Å². The predicted octanol–water partition coefficient (Wildman–Crippen LogP) is 0.375. The molecule has 1 unspecified atom stereocenters. The average molecular weight is 1270 g/mol. The first-order valence-electron chi connectivity index (χ1n) is 29.6. The number of rotatable bonds is 15. The van der Waals surface area contributed by atoms with Crippen molar-refractivity contribution in [2.75, 3.05) is 25.1 Å². The number of carbonyl (C=O) groups is 10. The highest BCUT2D eigenvalue weighted by atomic mass is 32.2. The molecule has 16 N–H and O–H groups in total. The van der Waals surface area contributed by atoms with E-state index in [9.17, 15) is 63.3 Å². The fraction of sp³-hybridized carbons (Fsp3) is 0.354. The van der Waals surface area contributed by atoms with E-state index >= 15 is 0 Å². The summed E-state index contributed by atoms with van der Waals surface area (Å²) in [6.07, 6.45) is -1.45. The molecule has 0 radical (unpaired) electrons. The number of aromatic nitrogens is 1. The molecule has 91 heavy (non-hydrogen) atoms. The van der Waals surface area contributed by atoms with E-state index in [4.69, 9.17) is 11.5 Å². The average Bonchev–Trinajstić information content (AvgIpc) is 1.97. The van der Waals surface area contributed by atoms with Crippen molar-refractivity contribution in [2.45, 2.75) is 113 Å². The lowest BCUT2D eigenvalue weighted by molar-refractivity contribution is -0.143. The maximum Gasteiger partial charge on any atom is 0.245 e. The summed E-state index contributed by atoms with van der Waals surface area (Å²) in [5.74, 6) is -9.80. The topological polar surface area (TPSA) is 399 Å². The molecule has 5 aromatic carbocycles. The molecule has 2 heterocycles. The molecule has 0 aliphatic carbocycles. The summed E-state index contributed by atoms with van der Waals surface area (Å²) in [4.78, 5) is 148. The maximum absolute atomic E-state index is 14.9. The molecule has 7 rings (SSSR count). The highest BCUT2D eigenvalue weighted by Crippen LogP contribution is 2.21. The van der Waals surface area contributed by atoms with Crippen LogP contribution in [0.4, 0.5) is 0 Å². The van der Waals surface area contributed by atoms with Gasteiger partial charge in [-0.1, -0.05) is 117 Å². The summed E-state index contributed by atoms with van der Waals surface area (Å²) in [7, 11) is 1.25. The first-order chi connectivity index (χ1) is 43.5. The summed E-state index contributed by atoms with van der Waals surface area (Å²) in [5, 5.41) is 53.1. The number of para-hydroxylation sites is 1. The number of nitrogens with two attached hydrogens (primary N) is 2. The maximum atomic E-state index is 14.9. The number of aromatic hydroxyl groups is 2. The van der Waals surface area contributed by atoms with Gasteiger partial charge >= 0.3 is 0 Å². The van der Waals surface area contributed by atoms with Gasteiger partial charge in [0, 0.05) is 68.4 Å². The lowest BCUT2D eigenvalue weighted by atomic mass is 9.99. The molecule has 0 spiro atoms. The van der Waals surface area contributed by atoms with Crippen molar-refractivity contribution in [1.82, 2.24) is 52.4 Å². The number of thioether (sulfide) groups is 1. The zero-order chi connectivity index (χ0) is 65.7. The van der Waals surface area contributed by atoms with Gasteiger partial charge in [0.1, 0.15) is 66.1 Å². The molecule has 9 atom stereocenters. The van der Waals surface area contributed by atoms with Crippen LogP contribution >= 0.6 is 11.8 Å². The molecule has 10 amide bonds. The third-order valence-electron chi connectivity index (χ3n) is 15.1. The number of likely N-dealkylation sites (N-methyl/N-ethyl adjacent to an activating group) is 1. The highest BCUT2D eigenvalue weighted by Gasteiger charge is 2.38. The fourth-order valence-electron chi connectivity index (χ4n) is 10.4. The minimum absolute atomic E-state index is 0.0351. The van der Waals surface area contributed by atoms with Gasteiger partial charge in [0.15, 0.2) is 0 Å². The largest absolute Gasteiger partial charge is 0.508 e. The van der Waals surface area contributed by atoms with Crippen LogP contribution in [-0.2, 0) is 80.0 Å². The number of phenols is 2. The second-order valence-electron chi connectivity index (χ2n) is 22.8. The van der Waals surface area contributed by atoms with Crippen molar-refractivity contribution in [2.24, 2.45) is 17.4 Å². The van der Waals surface area contributed by atoms with E-state index in [1.54, 1.807) is 98.9 Å². The highest BCUT2D eigenvalue weighted by molar-refractivity contribution is 8.00. The smallest absolute Gasteiger partial charge is 0.245 e. The summed E-state index contributed by atoms with van der Waals surface area (Å²) >= 11 is 0.890. The van der Waals surface area contributed by atoms with Crippen LogP contribution in [0.5, 0.6) is 11.5 Å². The number of hydrogen-bond donors (Lipinski definition) is 14. The van der Waals surface area contributed by atoms with Gasteiger partial charge in [0.05, 0.1) is 12.3 Å². The molecule has 1 fully saturated rings. The third-order valence-corrected chi connectivity index (χ3v) is 16.2. The number of benzene rings is 5. The van der Waals surface area contributed by atoms with Gasteiger partial charge in [0.25, 0.3) is 0 Å². The molecule has 25 nitrogen and oxygen atoms in total. The number of aliphatic hydroxyl groups excluding tert-OH is 1. The predicted molar refractivity (Wildman–Crippen MR) is 340 cm³/mol. The van der Waals surface area contributed by atoms with Gasteiger partial charge in [-0.05, 0) is 70.5 Å². The summed E-state index contributed by atoms with van der Waals surface area (Å²) in [6.45, 7) is 2.80. The van der Waals surface area contributed by atoms with Crippen LogP contribution in [0, 0.1) is 5.92 Å². The molecular formula is C65H78N12O13S. The van der Waals surface area contributed by atoms with Crippen molar-refractivity contribution in [3.8, 4) is 11.5 Å². The van der Waals surface area contributed by atoms with E-state index in [1.807, 2.05) is 6.07 Å². The van der Waals surface area contributed by atoms with Crippen LogP contribution in [0.2, 0.25) is 0 Å². The van der Waals surface area contributed by atoms with E-state index in [1.165, 1.54) is 55.6 Å². The van der Waals surface area contributed by atoms with Crippen molar-refractivity contribution in [1.29, 1.82) is 0 Å². The molecule has 1 aliphatic heterocycles. The van der Waals surface area contributed by atoms with Crippen molar-refractivity contribution < 1.29 is 63.3 Å². The van der Waals surface area contributed by atoms with E-state index in [0.29, 0.717) is 38.7 Å². The number of carbonyl (C=O) groups excluding carboxylic acids is 10. The minimum atomic E-state index is -1.70. The number of phenolic OH excluding ortho intramolecular Hbond substituents is 2. The Kier molecular flexibility index (Phi) is 25.0. The number of H-pyrrole nitrogens is 1. The Morgan fingerprint density at radius 2 is 0.989 bits per heavy atom.